The molecule has 0 radical (unpaired) electrons. The van der Waals surface area contributed by atoms with Crippen molar-refractivity contribution in [2.75, 3.05) is 14.2 Å². The van der Waals surface area contributed by atoms with Crippen molar-refractivity contribution in [3.63, 3.8) is 0 Å². The zero-order valence-corrected chi connectivity index (χ0v) is 13.4. The van der Waals surface area contributed by atoms with E-state index in [2.05, 4.69) is 15.0 Å². The average Bonchev–Trinajstić information content (AvgIpc) is 2.88. The Bertz CT molecular complexity index is 1040. The monoisotopic (exact) mass is 328 g/mol. The van der Waals surface area contributed by atoms with E-state index in [1.165, 1.54) is 0 Å². The lowest BCUT2D eigenvalue weighted by molar-refractivity contribution is 0.355. The molecule has 0 amide bonds. The van der Waals surface area contributed by atoms with E-state index >= 15 is 0 Å². The van der Waals surface area contributed by atoms with Crippen LogP contribution in [0.2, 0.25) is 0 Å². The third kappa shape index (κ3) is 2.69. The number of nitrogens with zero attached hydrogens (tertiary/aromatic N) is 2. The summed E-state index contributed by atoms with van der Waals surface area (Å²) in [5.74, 6) is 1.79. The predicted molar refractivity (Wildman–Crippen MR) is 90.4 cm³/mol. The summed E-state index contributed by atoms with van der Waals surface area (Å²) in [5, 5.41) is 0. The number of methoxy groups -OCH3 is 2. The first-order valence-corrected chi connectivity index (χ1v) is 7.12. The number of ether oxygens (including phenoxy) is 2. The third-order valence-electron chi connectivity index (χ3n) is 3.64. The number of hydrogen-bond donors (Lipinski definition) is 2. The van der Waals surface area contributed by atoms with Gasteiger partial charge in [0.15, 0.2) is 22.7 Å². The Labute approximate surface area is 136 Å². The van der Waals surface area contributed by atoms with Crippen molar-refractivity contribution in [2.24, 2.45) is 7.05 Å². The SMILES string of the molecule is COc1ccc(C=Cc2nc3[nH]c(=O)[nH]c(=O)c3n2C)cc1OC. The molecular weight excluding hydrogens is 312 g/mol. The van der Waals surface area contributed by atoms with Gasteiger partial charge < -0.3 is 14.0 Å². The Morgan fingerprint density at radius 2 is 1.83 bits per heavy atom. The van der Waals surface area contributed by atoms with Crippen LogP contribution >= 0.6 is 0 Å². The highest BCUT2D eigenvalue weighted by Gasteiger charge is 2.10. The summed E-state index contributed by atoms with van der Waals surface area (Å²) in [6.45, 7) is 0. The van der Waals surface area contributed by atoms with Crippen molar-refractivity contribution < 1.29 is 9.47 Å². The van der Waals surface area contributed by atoms with Crippen LogP contribution in [-0.4, -0.2) is 33.7 Å². The van der Waals surface area contributed by atoms with Gasteiger partial charge >= 0.3 is 5.69 Å². The van der Waals surface area contributed by atoms with Gasteiger partial charge in [-0.1, -0.05) is 12.1 Å². The number of H-pyrrole nitrogens is 2. The largest absolute Gasteiger partial charge is 0.493 e. The minimum absolute atomic E-state index is 0.248. The molecule has 2 heterocycles. The van der Waals surface area contributed by atoms with Crippen molar-refractivity contribution >= 4 is 23.3 Å². The maximum Gasteiger partial charge on any atom is 0.327 e. The molecule has 0 aliphatic carbocycles. The number of aromatic amines is 2. The number of benzene rings is 1. The van der Waals surface area contributed by atoms with Gasteiger partial charge in [0.25, 0.3) is 5.56 Å². The van der Waals surface area contributed by atoms with E-state index in [1.807, 2.05) is 18.2 Å². The number of hydrogen-bond acceptors (Lipinski definition) is 5. The second-order valence-electron chi connectivity index (χ2n) is 5.08. The summed E-state index contributed by atoms with van der Waals surface area (Å²) in [6, 6.07) is 5.50. The lowest BCUT2D eigenvalue weighted by Crippen LogP contribution is -2.22. The van der Waals surface area contributed by atoms with Crippen LogP contribution in [0.15, 0.2) is 27.8 Å². The smallest absolute Gasteiger partial charge is 0.327 e. The zero-order chi connectivity index (χ0) is 17.3. The summed E-state index contributed by atoms with van der Waals surface area (Å²) >= 11 is 0. The Hall–Kier alpha value is -3.29. The number of aromatic nitrogens is 4. The van der Waals surface area contributed by atoms with E-state index in [4.69, 9.17) is 9.47 Å². The Morgan fingerprint density at radius 3 is 2.54 bits per heavy atom. The second kappa shape index (κ2) is 6.07. The molecule has 2 aromatic heterocycles. The van der Waals surface area contributed by atoms with Gasteiger partial charge in [-0.25, -0.2) is 9.78 Å². The van der Waals surface area contributed by atoms with Gasteiger partial charge in [-0.15, -0.1) is 0 Å². The van der Waals surface area contributed by atoms with Crippen LogP contribution in [0, 0.1) is 0 Å². The van der Waals surface area contributed by atoms with Gasteiger partial charge in [-0.05, 0) is 23.8 Å². The van der Waals surface area contributed by atoms with Crippen molar-refractivity contribution in [2.45, 2.75) is 0 Å². The minimum Gasteiger partial charge on any atom is -0.493 e. The van der Waals surface area contributed by atoms with Crippen LogP contribution in [0.3, 0.4) is 0 Å². The predicted octanol–water partition coefficient (Wildman–Crippen LogP) is 1.14. The van der Waals surface area contributed by atoms with Crippen molar-refractivity contribution in [1.29, 1.82) is 0 Å². The van der Waals surface area contributed by atoms with Gasteiger partial charge in [0.05, 0.1) is 14.2 Å². The highest BCUT2D eigenvalue weighted by Crippen LogP contribution is 2.28. The van der Waals surface area contributed by atoms with Gasteiger partial charge in [0, 0.05) is 7.05 Å². The van der Waals surface area contributed by atoms with Crippen molar-refractivity contribution in [3.8, 4) is 11.5 Å². The Kier molecular flexibility index (Phi) is 3.95. The summed E-state index contributed by atoms with van der Waals surface area (Å²) in [7, 11) is 4.85. The van der Waals surface area contributed by atoms with Crippen molar-refractivity contribution in [1.82, 2.24) is 19.5 Å². The number of fused-ring (bicyclic) bond motifs is 1. The van der Waals surface area contributed by atoms with E-state index in [9.17, 15) is 9.59 Å². The fraction of sp³-hybridized carbons (Fsp3) is 0.188. The molecule has 0 spiro atoms. The molecule has 0 bridgehead atoms. The second-order valence-corrected chi connectivity index (χ2v) is 5.08. The molecule has 0 aliphatic heterocycles. The van der Waals surface area contributed by atoms with Crippen molar-refractivity contribution in [3.05, 3.63) is 50.4 Å². The molecule has 3 rings (SSSR count). The summed E-state index contributed by atoms with van der Waals surface area (Å²) in [6.07, 6.45) is 3.58. The normalized spacial score (nSPS) is 11.3. The summed E-state index contributed by atoms with van der Waals surface area (Å²) < 4.78 is 12.1. The average molecular weight is 328 g/mol. The van der Waals surface area contributed by atoms with Gasteiger partial charge in [0.2, 0.25) is 0 Å². The van der Waals surface area contributed by atoms with Crippen LogP contribution in [0.25, 0.3) is 23.3 Å². The molecule has 0 saturated carbocycles. The van der Waals surface area contributed by atoms with Crippen LogP contribution in [0.4, 0.5) is 0 Å². The fourth-order valence-corrected chi connectivity index (χ4v) is 2.44. The standard InChI is InChI=1S/C16H16N4O4/c1-20-12(17-14-13(20)15(21)19-16(22)18-14)7-5-9-4-6-10(23-2)11(8-9)24-3/h4-8H,1-3H3,(H2,18,19,21,22). The highest BCUT2D eigenvalue weighted by molar-refractivity contribution is 5.76. The minimum atomic E-state index is -0.582. The molecule has 3 aromatic rings. The van der Waals surface area contributed by atoms with Crippen LogP contribution < -0.4 is 20.7 Å². The fourth-order valence-electron chi connectivity index (χ4n) is 2.44. The number of imidazole rings is 1. The Morgan fingerprint density at radius 1 is 1.08 bits per heavy atom. The first-order chi connectivity index (χ1) is 11.5. The zero-order valence-electron chi connectivity index (χ0n) is 13.4. The molecule has 0 atom stereocenters. The van der Waals surface area contributed by atoms with E-state index in [0.717, 1.165) is 5.56 Å². The maximum absolute atomic E-state index is 11.9. The third-order valence-corrected chi connectivity index (χ3v) is 3.64. The summed E-state index contributed by atoms with van der Waals surface area (Å²) in [4.78, 5) is 32.2. The van der Waals surface area contributed by atoms with E-state index in [1.54, 1.807) is 38.0 Å². The van der Waals surface area contributed by atoms with E-state index < -0.39 is 11.2 Å². The first-order valence-electron chi connectivity index (χ1n) is 7.12. The highest BCUT2D eigenvalue weighted by atomic mass is 16.5. The molecule has 2 N–H and O–H groups in total. The van der Waals surface area contributed by atoms with Gasteiger partial charge in [-0.2, -0.15) is 0 Å². The number of nitrogens with one attached hydrogen (secondary N) is 2. The maximum atomic E-state index is 11.9. The van der Waals surface area contributed by atoms with Gasteiger partial charge in [0.1, 0.15) is 5.82 Å². The van der Waals surface area contributed by atoms with Crippen LogP contribution in [0.1, 0.15) is 11.4 Å². The summed E-state index contributed by atoms with van der Waals surface area (Å²) in [5.41, 5.74) is 0.373. The first kappa shape index (κ1) is 15.6. The molecule has 24 heavy (non-hydrogen) atoms. The molecular formula is C16H16N4O4. The van der Waals surface area contributed by atoms with E-state index in [0.29, 0.717) is 22.8 Å². The number of aryl methyl sites for hydroxylation is 1. The van der Waals surface area contributed by atoms with Crippen LogP contribution in [0.5, 0.6) is 11.5 Å². The number of rotatable bonds is 4. The van der Waals surface area contributed by atoms with Crippen LogP contribution in [-0.2, 0) is 7.05 Å². The molecule has 0 saturated heterocycles. The molecule has 8 nitrogen and oxygen atoms in total. The molecule has 0 aliphatic rings. The van der Waals surface area contributed by atoms with Gasteiger partial charge in [-0.3, -0.25) is 14.8 Å². The molecule has 0 fully saturated rings. The Balaban J connectivity index is 2.02. The molecule has 1 aromatic carbocycles. The van der Waals surface area contributed by atoms with E-state index in [-0.39, 0.29) is 5.65 Å². The topological polar surface area (TPSA) is 102 Å². The molecule has 124 valence electrons. The molecule has 0 unspecified atom stereocenters. The lowest BCUT2D eigenvalue weighted by atomic mass is 10.2. The molecule has 8 heteroatoms. The quantitative estimate of drug-likeness (QED) is 0.748. The lowest BCUT2D eigenvalue weighted by Gasteiger charge is -2.07.